The fourth-order valence-electron chi connectivity index (χ4n) is 3.89. The van der Waals surface area contributed by atoms with Gasteiger partial charge in [0.1, 0.15) is 18.3 Å². The van der Waals surface area contributed by atoms with Crippen molar-refractivity contribution in [2.24, 2.45) is 0 Å². The first-order chi connectivity index (χ1) is 16.2. The molecule has 0 aliphatic carbocycles. The van der Waals surface area contributed by atoms with Gasteiger partial charge in [-0.15, -0.1) is 0 Å². The van der Waals surface area contributed by atoms with Gasteiger partial charge in [0.05, 0.1) is 25.9 Å². The highest BCUT2D eigenvalue weighted by atomic mass is 127. The van der Waals surface area contributed by atoms with E-state index in [0.717, 1.165) is 16.7 Å². The van der Waals surface area contributed by atoms with Crippen LogP contribution in [0.5, 0.6) is 0 Å². The van der Waals surface area contributed by atoms with Gasteiger partial charge in [-0.1, -0.05) is 114 Å². The van der Waals surface area contributed by atoms with Crippen LogP contribution in [0.25, 0.3) is 0 Å². The molecule has 4 rings (SSSR count). The van der Waals surface area contributed by atoms with Crippen molar-refractivity contribution in [3.05, 3.63) is 108 Å². The van der Waals surface area contributed by atoms with Gasteiger partial charge in [0.15, 0.2) is 6.29 Å². The van der Waals surface area contributed by atoms with Gasteiger partial charge in [0, 0.05) is 4.43 Å². The average Bonchev–Trinajstić information content (AvgIpc) is 2.87. The van der Waals surface area contributed by atoms with Crippen molar-refractivity contribution in [3.63, 3.8) is 0 Å². The zero-order valence-corrected chi connectivity index (χ0v) is 20.5. The van der Waals surface area contributed by atoms with Gasteiger partial charge in [-0.3, -0.25) is 0 Å². The molecule has 0 radical (unpaired) electrons. The highest BCUT2D eigenvalue weighted by Crippen LogP contribution is 2.30. The van der Waals surface area contributed by atoms with Crippen molar-refractivity contribution in [1.82, 2.24) is 0 Å². The zero-order chi connectivity index (χ0) is 22.9. The van der Waals surface area contributed by atoms with Gasteiger partial charge in [-0.05, 0) is 16.7 Å². The zero-order valence-electron chi connectivity index (χ0n) is 18.3. The van der Waals surface area contributed by atoms with E-state index in [1.165, 1.54) is 0 Å². The third-order valence-corrected chi connectivity index (χ3v) is 6.49. The Kier molecular flexibility index (Phi) is 9.28. The number of aliphatic hydroxyl groups excluding tert-OH is 1. The largest absolute Gasteiger partial charge is 0.368 e. The molecule has 174 valence electrons. The molecule has 1 aliphatic heterocycles. The van der Waals surface area contributed by atoms with E-state index in [9.17, 15) is 5.11 Å². The minimum absolute atomic E-state index is 0.318. The second-order valence-corrected chi connectivity index (χ2v) is 8.88. The average molecular weight is 560 g/mol. The second kappa shape index (κ2) is 12.6. The number of rotatable bonds is 10. The number of halogens is 1. The summed E-state index contributed by atoms with van der Waals surface area (Å²) in [5.74, 6) is 0. The van der Waals surface area contributed by atoms with Crippen molar-refractivity contribution in [2.45, 2.75) is 50.5 Å². The SMILES string of the molecule is O[C@@H]1O[C@H](CI)[C@@H](OCc2ccccc2)[C@H](OCc2ccccc2)[C@H]1OCc1ccccc1. The molecule has 0 saturated carbocycles. The van der Waals surface area contributed by atoms with E-state index in [-0.39, 0.29) is 6.10 Å². The van der Waals surface area contributed by atoms with Gasteiger partial charge >= 0.3 is 0 Å². The third-order valence-electron chi connectivity index (χ3n) is 5.62. The van der Waals surface area contributed by atoms with Crippen LogP contribution in [-0.2, 0) is 38.8 Å². The van der Waals surface area contributed by atoms with E-state index in [1.807, 2.05) is 91.0 Å². The highest BCUT2D eigenvalue weighted by Gasteiger charge is 2.47. The molecule has 5 atom stereocenters. The van der Waals surface area contributed by atoms with Crippen LogP contribution in [0.1, 0.15) is 16.7 Å². The molecule has 0 aromatic heterocycles. The molecule has 3 aromatic rings. The first-order valence-corrected chi connectivity index (χ1v) is 12.6. The van der Waals surface area contributed by atoms with Gasteiger partial charge in [0.2, 0.25) is 0 Å². The Morgan fingerprint density at radius 2 is 1.00 bits per heavy atom. The first-order valence-electron chi connectivity index (χ1n) is 11.1. The van der Waals surface area contributed by atoms with Crippen LogP contribution in [0.3, 0.4) is 0 Å². The molecule has 0 unspecified atom stereocenters. The molecule has 0 amide bonds. The monoisotopic (exact) mass is 560 g/mol. The molecule has 6 heteroatoms. The molecule has 1 fully saturated rings. The van der Waals surface area contributed by atoms with Crippen molar-refractivity contribution in [3.8, 4) is 0 Å². The van der Waals surface area contributed by atoms with Crippen molar-refractivity contribution in [1.29, 1.82) is 0 Å². The van der Waals surface area contributed by atoms with Crippen LogP contribution in [0.15, 0.2) is 91.0 Å². The molecule has 1 saturated heterocycles. The maximum absolute atomic E-state index is 10.8. The fourth-order valence-corrected chi connectivity index (χ4v) is 4.60. The molecule has 33 heavy (non-hydrogen) atoms. The van der Waals surface area contributed by atoms with Crippen LogP contribution < -0.4 is 0 Å². The lowest BCUT2D eigenvalue weighted by atomic mass is 9.98. The minimum atomic E-state index is -1.11. The molecule has 0 spiro atoms. The lowest BCUT2D eigenvalue weighted by molar-refractivity contribution is -0.306. The summed E-state index contributed by atoms with van der Waals surface area (Å²) in [5.41, 5.74) is 3.14. The lowest BCUT2D eigenvalue weighted by Gasteiger charge is -2.44. The van der Waals surface area contributed by atoms with Crippen molar-refractivity contribution >= 4 is 22.6 Å². The standard InChI is InChI=1S/C27H29IO5/c28-16-23-24(30-17-20-10-4-1-5-11-20)25(31-18-21-12-6-2-7-13-21)26(27(29)33-23)32-19-22-14-8-3-9-15-22/h1-15,23-27,29H,16-19H2/t23-,24-,25+,26-,27-/m1/s1. The van der Waals surface area contributed by atoms with Crippen LogP contribution >= 0.6 is 22.6 Å². The van der Waals surface area contributed by atoms with Crippen LogP contribution in [0.4, 0.5) is 0 Å². The van der Waals surface area contributed by atoms with Gasteiger partial charge in [-0.2, -0.15) is 0 Å². The number of aliphatic hydroxyl groups is 1. The van der Waals surface area contributed by atoms with Gasteiger partial charge in [-0.25, -0.2) is 0 Å². The third kappa shape index (κ3) is 6.85. The molecule has 1 aliphatic rings. The Bertz CT molecular complexity index is 941. The summed E-state index contributed by atoms with van der Waals surface area (Å²) in [4.78, 5) is 0. The number of hydrogen-bond acceptors (Lipinski definition) is 5. The topological polar surface area (TPSA) is 57.2 Å². The van der Waals surface area contributed by atoms with E-state index < -0.39 is 24.6 Å². The first kappa shape index (κ1) is 24.3. The number of ether oxygens (including phenoxy) is 4. The van der Waals surface area contributed by atoms with E-state index in [2.05, 4.69) is 22.6 Å². The van der Waals surface area contributed by atoms with Crippen LogP contribution in [0, 0.1) is 0 Å². The summed E-state index contributed by atoms with van der Waals surface area (Å²) in [7, 11) is 0. The predicted molar refractivity (Wildman–Crippen MR) is 135 cm³/mol. The van der Waals surface area contributed by atoms with E-state index in [0.29, 0.717) is 24.2 Å². The van der Waals surface area contributed by atoms with Crippen molar-refractivity contribution in [2.75, 3.05) is 4.43 Å². The van der Waals surface area contributed by atoms with Gasteiger partial charge in [0.25, 0.3) is 0 Å². The molecule has 0 bridgehead atoms. The summed E-state index contributed by atoms with van der Waals surface area (Å²) >= 11 is 2.26. The molecule has 1 heterocycles. The molecular weight excluding hydrogens is 531 g/mol. The molecule has 1 N–H and O–H groups in total. The summed E-state index contributed by atoms with van der Waals surface area (Å²) < 4.78 is 25.5. The Morgan fingerprint density at radius 1 is 0.606 bits per heavy atom. The highest BCUT2D eigenvalue weighted by molar-refractivity contribution is 14.1. The predicted octanol–water partition coefficient (Wildman–Crippen LogP) is 4.89. The van der Waals surface area contributed by atoms with E-state index in [4.69, 9.17) is 18.9 Å². The minimum Gasteiger partial charge on any atom is -0.368 e. The summed E-state index contributed by atoms with van der Waals surface area (Å²) in [6.07, 6.45) is -3.00. The van der Waals surface area contributed by atoms with Crippen LogP contribution in [-0.4, -0.2) is 40.2 Å². The van der Waals surface area contributed by atoms with Crippen LogP contribution in [0.2, 0.25) is 0 Å². The molecular formula is C27H29IO5. The maximum Gasteiger partial charge on any atom is 0.184 e. The normalized spacial score (nSPS) is 25.1. The number of benzene rings is 3. The number of alkyl halides is 1. The Balaban J connectivity index is 1.53. The lowest BCUT2D eigenvalue weighted by Crippen LogP contribution is -2.60. The van der Waals surface area contributed by atoms with E-state index in [1.54, 1.807) is 0 Å². The van der Waals surface area contributed by atoms with Crippen molar-refractivity contribution < 1.29 is 24.1 Å². The summed E-state index contributed by atoms with van der Waals surface area (Å²) in [5, 5.41) is 10.8. The van der Waals surface area contributed by atoms with E-state index >= 15 is 0 Å². The molecule has 5 nitrogen and oxygen atoms in total. The van der Waals surface area contributed by atoms with Gasteiger partial charge < -0.3 is 24.1 Å². The second-order valence-electron chi connectivity index (χ2n) is 8.00. The Morgan fingerprint density at radius 3 is 1.42 bits per heavy atom. The summed E-state index contributed by atoms with van der Waals surface area (Å²) in [6.45, 7) is 1.16. The Labute approximate surface area is 208 Å². The smallest absolute Gasteiger partial charge is 0.184 e. The quantitative estimate of drug-likeness (QED) is 0.283. The Hall–Kier alpha value is -1.81. The molecule has 3 aromatic carbocycles. The summed E-state index contributed by atoms with van der Waals surface area (Å²) in [6, 6.07) is 29.9. The maximum atomic E-state index is 10.8. The fraction of sp³-hybridized carbons (Fsp3) is 0.333. The number of hydrogen-bond donors (Lipinski definition) is 1.